The lowest BCUT2D eigenvalue weighted by Gasteiger charge is -2.17. The van der Waals surface area contributed by atoms with E-state index in [1.165, 1.54) is 11.5 Å². The molecule has 4 rings (SSSR count). The number of rotatable bonds is 5. The van der Waals surface area contributed by atoms with E-state index in [0.29, 0.717) is 17.0 Å². The van der Waals surface area contributed by atoms with Gasteiger partial charge in [0.2, 0.25) is 0 Å². The van der Waals surface area contributed by atoms with E-state index in [1.54, 1.807) is 25.4 Å². The molecule has 8 heteroatoms. The van der Waals surface area contributed by atoms with E-state index in [9.17, 15) is 4.79 Å². The number of ether oxygens (including phenoxy) is 1. The molecule has 0 atom stereocenters. The van der Waals surface area contributed by atoms with E-state index in [-0.39, 0.29) is 17.1 Å². The summed E-state index contributed by atoms with van der Waals surface area (Å²) in [4.78, 5) is 16.6. The summed E-state index contributed by atoms with van der Waals surface area (Å²) in [6.45, 7) is 0. The Labute approximate surface area is 154 Å². The smallest absolute Gasteiger partial charge is 0.259 e. The van der Waals surface area contributed by atoms with Crippen LogP contribution in [0.4, 0.5) is 11.5 Å². The largest absolute Gasteiger partial charge is 0.495 e. The van der Waals surface area contributed by atoms with Crippen LogP contribution in [0.5, 0.6) is 5.75 Å². The zero-order valence-corrected chi connectivity index (χ0v) is 14.9. The van der Waals surface area contributed by atoms with Gasteiger partial charge in [-0.15, -0.1) is 5.10 Å². The van der Waals surface area contributed by atoms with Crippen molar-refractivity contribution in [2.75, 3.05) is 18.2 Å². The highest BCUT2D eigenvalue weighted by molar-refractivity contribution is 7.03. The van der Waals surface area contributed by atoms with E-state index in [2.05, 4.69) is 19.9 Å². The van der Waals surface area contributed by atoms with Crippen LogP contribution in [0.1, 0.15) is 34.5 Å². The number of nitrogens with one attached hydrogen (secondary N) is 1. The van der Waals surface area contributed by atoms with Gasteiger partial charge in [0, 0.05) is 17.0 Å². The number of amides is 1. The molecule has 2 aromatic heterocycles. The van der Waals surface area contributed by atoms with E-state index < -0.39 is 0 Å². The van der Waals surface area contributed by atoms with Crippen LogP contribution in [0, 0.1) is 0 Å². The van der Waals surface area contributed by atoms with E-state index in [4.69, 9.17) is 10.5 Å². The first-order chi connectivity index (χ1) is 12.6. The lowest BCUT2D eigenvalue weighted by Crippen LogP contribution is -2.16. The highest BCUT2D eigenvalue weighted by Gasteiger charge is 2.48. The lowest BCUT2D eigenvalue weighted by atomic mass is 9.92. The molecule has 1 fully saturated rings. The molecule has 7 nitrogen and oxygen atoms in total. The zero-order valence-electron chi connectivity index (χ0n) is 14.1. The zero-order chi connectivity index (χ0) is 18.1. The van der Waals surface area contributed by atoms with Crippen molar-refractivity contribution in [2.45, 2.75) is 18.3 Å². The third kappa shape index (κ3) is 2.78. The van der Waals surface area contributed by atoms with Gasteiger partial charge in [-0.3, -0.25) is 4.79 Å². The third-order valence-electron chi connectivity index (χ3n) is 4.68. The minimum atomic E-state index is -0.328. The molecule has 1 aliphatic carbocycles. The second-order valence-corrected chi connectivity index (χ2v) is 6.79. The van der Waals surface area contributed by atoms with Crippen molar-refractivity contribution in [1.29, 1.82) is 0 Å². The van der Waals surface area contributed by atoms with Gasteiger partial charge >= 0.3 is 0 Å². The van der Waals surface area contributed by atoms with Crippen molar-refractivity contribution in [1.82, 2.24) is 14.6 Å². The maximum absolute atomic E-state index is 12.6. The Morgan fingerprint density at radius 1 is 1.35 bits per heavy atom. The van der Waals surface area contributed by atoms with Crippen molar-refractivity contribution >= 4 is 28.9 Å². The number of nitrogens with two attached hydrogens (primary N) is 1. The monoisotopic (exact) mass is 367 g/mol. The van der Waals surface area contributed by atoms with Crippen LogP contribution < -0.4 is 15.8 Å². The Kier molecular flexibility index (Phi) is 4.04. The average molecular weight is 367 g/mol. The number of hydrogen-bond donors (Lipinski definition) is 2. The predicted molar refractivity (Wildman–Crippen MR) is 99.5 cm³/mol. The second-order valence-electron chi connectivity index (χ2n) is 6.18. The number of carbonyl (C=O) groups is 1. The number of aromatic nitrogens is 3. The van der Waals surface area contributed by atoms with Gasteiger partial charge in [0.25, 0.3) is 5.91 Å². The molecule has 0 unspecified atom stereocenters. The number of carbonyl (C=O) groups excluding carboxylic acids is 1. The molecule has 1 amide bonds. The predicted octanol–water partition coefficient (Wildman–Crippen LogP) is 2.86. The van der Waals surface area contributed by atoms with Gasteiger partial charge in [0.1, 0.15) is 11.6 Å². The molecule has 0 aliphatic heterocycles. The highest BCUT2D eigenvalue weighted by Crippen LogP contribution is 2.53. The van der Waals surface area contributed by atoms with Crippen LogP contribution in [-0.2, 0) is 5.41 Å². The third-order valence-corrected chi connectivity index (χ3v) is 5.19. The van der Waals surface area contributed by atoms with Crippen LogP contribution in [0.15, 0.2) is 41.9 Å². The number of nitrogens with zero attached hydrogens (tertiary/aromatic N) is 3. The molecule has 3 N–H and O–H groups in total. The summed E-state index contributed by atoms with van der Waals surface area (Å²) in [7, 11) is 1.57. The summed E-state index contributed by atoms with van der Waals surface area (Å²) in [6, 6.07) is 9.12. The van der Waals surface area contributed by atoms with Crippen LogP contribution >= 0.6 is 11.5 Å². The van der Waals surface area contributed by atoms with Gasteiger partial charge < -0.3 is 15.8 Å². The molecule has 0 radical (unpaired) electrons. The molecule has 1 saturated carbocycles. The first kappa shape index (κ1) is 16.5. The summed E-state index contributed by atoms with van der Waals surface area (Å²) in [5.74, 6) is 0.440. The molecule has 1 aromatic carbocycles. The Balaban J connectivity index is 1.68. The van der Waals surface area contributed by atoms with Crippen molar-refractivity contribution in [3.63, 3.8) is 0 Å². The quantitative estimate of drug-likeness (QED) is 0.719. The number of anilines is 2. The minimum absolute atomic E-state index is 0.119. The minimum Gasteiger partial charge on any atom is -0.495 e. The Bertz CT molecular complexity index is 954. The molecular weight excluding hydrogens is 350 g/mol. The maximum Gasteiger partial charge on any atom is 0.259 e. The molecule has 0 spiro atoms. The molecular formula is C18H17N5O2S. The standard InChI is InChI=1S/C18H17N5O2S/c1-25-14-5-4-11(18(6-7-18)15-10-26-23-22-15)9-13(14)21-17(24)12-3-2-8-20-16(12)19/h2-5,8-10H,6-7H2,1H3,(H2,19,20)(H,21,24). The highest BCUT2D eigenvalue weighted by atomic mass is 32.1. The molecule has 1 aliphatic rings. The Morgan fingerprint density at radius 2 is 2.19 bits per heavy atom. The molecule has 2 heterocycles. The van der Waals surface area contributed by atoms with Gasteiger partial charge in [0.05, 0.1) is 24.1 Å². The summed E-state index contributed by atoms with van der Waals surface area (Å²) in [5, 5.41) is 9.11. The molecule has 26 heavy (non-hydrogen) atoms. The fraction of sp³-hybridized carbons (Fsp3) is 0.222. The summed E-state index contributed by atoms with van der Waals surface area (Å²) >= 11 is 1.35. The van der Waals surface area contributed by atoms with Gasteiger partial charge in [-0.25, -0.2) is 4.98 Å². The van der Waals surface area contributed by atoms with Crippen LogP contribution in [0.3, 0.4) is 0 Å². The summed E-state index contributed by atoms with van der Waals surface area (Å²) in [5.41, 5.74) is 8.65. The van der Waals surface area contributed by atoms with Crippen LogP contribution in [0.2, 0.25) is 0 Å². The fourth-order valence-electron chi connectivity index (χ4n) is 3.09. The van der Waals surface area contributed by atoms with E-state index in [0.717, 1.165) is 24.1 Å². The van der Waals surface area contributed by atoms with E-state index in [1.807, 2.05) is 23.6 Å². The molecule has 0 bridgehead atoms. The van der Waals surface area contributed by atoms with Crippen molar-refractivity contribution < 1.29 is 9.53 Å². The van der Waals surface area contributed by atoms with Gasteiger partial charge in [-0.2, -0.15) is 0 Å². The SMILES string of the molecule is COc1ccc(C2(c3csnn3)CC2)cc1NC(=O)c1cccnc1N. The number of pyridine rings is 1. The number of benzene rings is 1. The van der Waals surface area contributed by atoms with Crippen LogP contribution in [-0.4, -0.2) is 27.6 Å². The van der Waals surface area contributed by atoms with Gasteiger partial charge in [-0.05, 0) is 54.2 Å². The number of hydrogen-bond acceptors (Lipinski definition) is 7. The van der Waals surface area contributed by atoms with Crippen molar-refractivity contribution in [2.24, 2.45) is 0 Å². The maximum atomic E-state index is 12.6. The number of nitrogen functional groups attached to an aromatic ring is 1. The topological polar surface area (TPSA) is 103 Å². The van der Waals surface area contributed by atoms with Gasteiger partial charge in [-0.1, -0.05) is 10.6 Å². The number of methoxy groups -OCH3 is 1. The Morgan fingerprint density at radius 3 is 2.85 bits per heavy atom. The second kappa shape index (κ2) is 6.38. The van der Waals surface area contributed by atoms with Crippen LogP contribution in [0.25, 0.3) is 0 Å². The molecule has 0 saturated heterocycles. The first-order valence-electron chi connectivity index (χ1n) is 8.12. The summed E-state index contributed by atoms with van der Waals surface area (Å²) in [6.07, 6.45) is 3.56. The summed E-state index contributed by atoms with van der Waals surface area (Å²) < 4.78 is 9.39. The fourth-order valence-corrected chi connectivity index (χ4v) is 3.65. The molecule has 3 aromatic rings. The van der Waals surface area contributed by atoms with Crippen molar-refractivity contribution in [3.8, 4) is 5.75 Å². The molecule has 132 valence electrons. The first-order valence-corrected chi connectivity index (χ1v) is 8.95. The normalized spacial score (nSPS) is 14.7. The lowest BCUT2D eigenvalue weighted by molar-refractivity contribution is 0.102. The van der Waals surface area contributed by atoms with E-state index >= 15 is 0 Å². The Hall–Kier alpha value is -3.00. The van der Waals surface area contributed by atoms with Gasteiger partial charge in [0.15, 0.2) is 0 Å². The van der Waals surface area contributed by atoms with Crippen molar-refractivity contribution in [3.05, 3.63) is 58.7 Å². The average Bonchev–Trinajstić information content (AvgIpc) is 3.28.